The first kappa shape index (κ1) is 15.2. The minimum absolute atomic E-state index is 1.02. The van der Waals surface area contributed by atoms with Crippen LogP contribution in [-0.2, 0) is 0 Å². The molecule has 2 nitrogen and oxygen atoms in total. The average Bonchev–Trinajstić information content (AvgIpc) is 2.61. The Morgan fingerprint density at radius 1 is 0.609 bits per heavy atom. The van der Waals surface area contributed by atoms with Gasteiger partial charge in [-0.2, -0.15) is 0 Å². The van der Waals surface area contributed by atoms with Crippen molar-refractivity contribution in [3.05, 3.63) is 79.2 Å². The normalized spacial score (nSPS) is 10.4. The van der Waals surface area contributed by atoms with E-state index < -0.39 is 0 Å². The van der Waals surface area contributed by atoms with Crippen LogP contribution in [0, 0.1) is 6.92 Å². The van der Waals surface area contributed by atoms with Gasteiger partial charge in [0, 0.05) is 36.6 Å². The fourth-order valence-electron chi connectivity index (χ4n) is 3.00. The summed E-state index contributed by atoms with van der Waals surface area (Å²) in [5.41, 5.74) is 7.94. The summed E-state index contributed by atoms with van der Waals surface area (Å²) in [6.07, 6.45) is 0. The van der Waals surface area contributed by atoms with Crippen LogP contribution in [0.15, 0.2) is 66.7 Å². The molecule has 0 bridgehead atoms. The second kappa shape index (κ2) is 6.57. The Balaban J connectivity index is 2.30. The summed E-state index contributed by atoms with van der Waals surface area (Å²) in [5, 5.41) is 6.57. The largest absolute Gasteiger partial charge is 0.388 e. The van der Waals surface area contributed by atoms with Crippen LogP contribution in [0.3, 0.4) is 0 Å². The molecule has 0 aliphatic rings. The molecule has 0 fully saturated rings. The smallest absolute Gasteiger partial charge is 0.0417 e. The molecule has 3 aromatic rings. The van der Waals surface area contributed by atoms with Gasteiger partial charge in [-0.1, -0.05) is 54.6 Å². The molecule has 3 aromatic carbocycles. The van der Waals surface area contributed by atoms with Gasteiger partial charge in [0.15, 0.2) is 0 Å². The van der Waals surface area contributed by atoms with Gasteiger partial charge in [0.2, 0.25) is 0 Å². The van der Waals surface area contributed by atoms with E-state index in [1.165, 1.54) is 22.3 Å². The van der Waals surface area contributed by atoms with Gasteiger partial charge in [0.25, 0.3) is 0 Å². The molecule has 3 rings (SSSR count). The van der Waals surface area contributed by atoms with E-state index in [1.807, 2.05) is 26.2 Å². The van der Waals surface area contributed by atoms with Gasteiger partial charge in [0.1, 0.15) is 0 Å². The lowest BCUT2D eigenvalue weighted by Gasteiger charge is -2.18. The first-order valence-corrected chi connectivity index (χ1v) is 7.75. The highest BCUT2D eigenvalue weighted by Gasteiger charge is 2.14. The third-order valence-corrected chi connectivity index (χ3v) is 4.10. The molecule has 0 aliphatic heterocycles. The molecule has 0 amide bonds. The number of benzene rings is 3. The van der Waals surface area contributed by atoms with E-state index in [1.54, 1.807) is 0 Å². The third kappa shape index (κ3) is 2.80. The van der Waals surface area contributed by atoms with Gasteiger partial charge < -0.3 is 10.6 Å². The van der Waals surface area contributed by atoms with Crippen LogP contribution in [0.25, 0.3) is 22.3 Å². The highest BCUT2D eigenvalue weighted by atomic mass is 14.8. The van der Waals surface area contributed by atoms with Crippen molar-refractivity contribution in [1.82, 2.24) is 0 Å². The van der Waals surface area contributed by atoms with Crippen molar-refractivity contribution >= 4 is 11.4 Å². The Kier molecular flexibility index (Phi) is 4.33. The predicted octanol–water partition coefficient (Wildman–Crippen LogP) is 5.29. The van der Waals surface area contributed by atoms with Gasteiger partial charge in [-0.05, 0) is 35.7 Å². The van der Waals surface area contributed by atoms with Crippen molar-refractivity contribution in [2.75, 3.05) is 24.7 Å². The Morgan fingerprint density at radius 3 is 1.78 bits per heavy atom. The molecule has 23 heavy (non-hydrogen) atoms. The molecular formula is C21H21N2. The first-order chi connectivity index (χ1) is 11.3. The maximum atomic E-state index is 4.27. The molecule has 0 atom stereocenters. The van der Waals surface area contributed by atoms with Crippen LogP contribution in [0.4, 0.5) is 11.4 Å². The van der Waals surface area contributed by atoms with Crippen molar-refractivity contribution in [3.8, 4) is 22.3 Å². The minimum atomic E-state index is 1.02. The van der Waals surface area contributed by atoms with E-state index in [4.69, 9.17) is 0 Å². The molecule has 0 spiro atoms. The first-order valence-electron chi connectivity index (χ1n) is 7.75. The van der Waals surface area contributed by atoms with Gasteiger partial charge in [-0.15, -0.1) is 0 Å². The number of para-hydroxylation sites is 2. The number of rotatable bonds is 4. The van der Waals surface area contributed by atoms with E-state index in [2.05, 4.69) is 72.2 Å². The van der Waals surface area contributed by atoms with Crippen molar-refractivity contribution < 1.29 is 0 Å². The zero-order valence-corrected chi connectivity index (χ0v) is 13.6. The fourth-order valence-corrected chi connectivity index (χ4v) is 3.00. The highest BCUT2D eigenvalue weighted by Crippen LogP contribution is 2.40. The standard InChI is InChI=1S/C21H21N2/c1-15-9-8-12-17(16-10-4-6-13-19(16)22-2)21(15)18-11-5-7-14-20(18)23-3/h4-14,22-23H,1H2,2-3H3. The Labute approximate surface area is 138 Å². The van der Waals surface area contributed by atoms with E-state index in [9.17, 15) is 0 Å². The van der Waals surface area contributed by atoms with Crippen molar-refractivity contribution in [2.45, 2.75) is 0 Å². The molecular weight excluding hydrogens is 280 g/mol. The average molecular weight is 301 g/mol. The number of anilines is 2. The van der Waals surface area contributed by atoms with E-state index in [-0.39, 0.29) is 0 Å². The maximum absolute atomic E-state index is 4.27. The van der Waals surface area contributed by atoms with Crippen molar-refractivity contribution in [2.24, 2.45) is 0 Å². The van der Waals surface area contributed by atoms with Gasteiger partial charge in [-0.3, -0.25) is 0 Å². The molecule has 0 aromatic heterocycles. The monoisotopic (exact) mass is 301 g/mol. The van der Waals surface area contributed by atoms with Crippen LogP contribution in [0.1, 0.15) is 5.56 Å². The van der Waals surface area contributed by atoms with Crippen LogP contribution in [-0.4, -0.2) is 14.1 Å². The van der Waals surface area contributed by atoms with Gasteiger partial charge in [-0.25, -0.2) is 0 Å². The van der Waals surface area contributed by atoms with Gasteiger partial charge >= 0.3 is 0 Å². The predicted molar refractivity (Wildman–Crippen MR) is 101 cm³/mol. The quantitative estimate of drug-likeness (QED) is 0.684. The summed E-state index contributed by atoms with van der Waals surface area (Å²) in [6, 6.07) is 23.0. The summed E-state index contributed by atoms with van der Waals surface area (Å²) in [5.74, 6) is 0. The van der Waals surface area contributed by atoms with Gasteiger partial charge in [0.05, 0.1) is 0 Å². The van der Waals surface area contributed by atoms with Crippen molar-refractivity contribution in [3.63, 3.8) is 0 Å². The summed E-state index contributed by atoms with van der Waals surface area (Å²) >= 11 is 0. The van der Waals surface area contributed by atoms with Crippen LogP contribution in [0.2, 0.25) is 0 Å². The van der Waals surface area contributed by atoms with Crippen LogP contribution in [0.5, 0.6) is 0 Å². The molecule has 115 valence electrons. The Bertz CT molecular complexity index is 822. The molecule has 0 aliphatic carbocycles. The maximum Gasteiger partial charge on any atom is 0.0417 e. The van der Waals surface area contributed by atoms with E-state index in [0.717, 1.165) is 16.9 Å². The SMILES string of the molecule is [CH2]c1cccc(-c2ccccc2NC)c1-c1ccccc1NC. The Hall–Kier alpha value is -2.74. The molecule has 0 unspecified atom stereocenters. The topological polar surface area (TPSA) is 24.1 Å². The molecule has 0 saturated carbocycles. The van der Waals surface area contributed by atoms with E-state index in [0.29, 0.717) is 0 Å². The summed E-state index contributed by atoms with van der Waals surface area (Å²) in [7, 11) is 3.90. The van der Waals surface area contributed by atoms with Crippen molar-refractivity contribution in [1.29, 1.82) is 0 Å². The lowest BCUT2D eigenvalue weighted by atomic mass is 9.89. The molecule has 0 heterocycles. The Morgan fingerprint density at radius 2 is 1.13 bits per heavy atom. The lowest BCUT2D eigenvalue weighted by Crippen LogP contribution is -1.97. The van der Waals surface area contributed by atoms with Crippen LogP contribution < -0.4 is 10.6 Å². The second-order valence-electron chi connectivity index (χ2n) is 5.43. The molecule has 0 saturated heterocycles. The fraction of sp³-hybridized carbons (Fsp3) is 0.0952. The number of hydrogen-bond acceptors (Lipinski definition) is 2. The number of hydrogen-bond donors (Lipinski definition) is 2. The summed E-state index contributed by atoms with van der Waals surface area (Å²) < 4.78 is 0. The zero-order valence-electron chi connectivity index (χ0n) is 13.6. The lowest BCUT2D eigenvalue weighted by molar-refractivity contribution is 1.47. The number of nitrogens with one attached hydrogen (secondary N) is 2. The zero-order chi connectivity index (χ0) is 16.2. The summed E-state index contributed by atoms with van der Waals surface area (Å²) in [4.78, 5) is 0. The van der Waals surface area contributed by atoms with Crippen LogP contribution >= 0.6 is 0 Å². The molecule has 2 heteroatoms. The minimum Gasteiger partial charge on any atom is -0.388 e. The molecule has 2 N–H and O–H groups in total. The van der Waals surface area contributed by atoms with E-state index >= 15 is 0 Å². The summed E-state index contributed by atoms with van der Waals surface area (Å²) in [6.45, 7) is 4.27. The third-order valence-electron chi connectivity index (χ3n) is 4.10. The highest BCUT2D eigenvalue weighted by molar-refractivity contribution is 5.94. The second-order valence-corrected chi connectivity index (χ2v) is 5.43. The molecule has 1 radical (unpaired) electrons.